The molecule has 0 saturated heterocycles. The van der Waals surface area contributed by atoms with Gasteiger partial charge in [-0.2, -0.15) is 0 Å². The predicted molar refractivity (Wildman–Crippen MR) is 79.5 cm³/mol. The van der Waals surface area contributed by atoms with Crippen molar-refractivity contribution in [2.75, 3.05) is 5.32 Å². The Morgan fingerprint density at radius 3 is 2.55 bits per heavy atom. The molecule has 0 aliphatic rings. The summed E-state index contributed by atoms with van der Waals surface area (Å²) in [6.07, 6.45) is 4.73. The van der Waals surface area contributed by atoms with Crippen LogP contribution in [0.3, 0.4) is 0 Å². The van der Waals surface area contributed by atoms with E-state index in [4.69, 9.17) is 5.73 Å². The summed E-state index contributed by atoms with van der Waals surface area (Å²) in [6, 6.07) is 4.33. The van der Waals surface area contributed by atoms with E-state index in [9.17, 15) is 14.7 Å². The summed E-state index contributed by atoms with van der Waals surface area (Å²) in [5.74, 6) is -1.11. The van der Waals surface area contributed by atoms with Gasteiger partial charge in [-0.15, -0.1) is 0 Å². The molecule has 2 amide bonds. The van der Waals surface area contributed by atoms with Crippen LogP contribution in [0.25, 0.3) is 22.0 Å². The lowest BCUT2D eigenvalue weighted by Crippen LogP contribution is -2.20. The van der Waals surface area contributed by atoms with Crippen LogP contribution in [-0.4, -0.2) is 32.1 Å². The van der Waals surface area contributed by atoms with Crippen molar-refractivity contribution in [1.82, 2.24) is 15.0 Å². The zero-order valence-electron chi connectivity index (χ0n) is 11.2. The molecule has 0 atom stereocenters. The largest absolute Gasteiger partial charge is 0.478 e. The Labute approximate surface area is 124 Å². The number of benzene rings is 1. The molecule has 0 unspecified atom stereocenters. The van der Waals surface area contributed by atoms with Crippen molar-refractivity contribution < 1.29 is 14.7 Å². The smallest absolute Gasteiger partial charge is 0.340 e. The molecule has 0 saturated carbocycles. The molecule has 0 aliphatic carbocycles. The number of aromatic carboxylic acids is 1. The first-order valence-electron chi connectivity index (χ1n) is 6.27. The van der Waals surface area contributed by atoms with E-state index < -0.39 is 12.0 Å². The molecule has 2 heterocycles. The van der Waals surface area contributed by atoms with Gasteiger partial charge in [-0.1, -0.05) is 12.1 Å². The van der Waals surface area contributed by atoms with Crippen LogP contribution in [0.15, 0.2) is 36.9 Å². The van der Waals surface area contributed by atoms with E-state index in [1.165, 1.54) is 6.33 Å². The summed E-state index contributed by atoms with van der Waals surface area (Å²) >= 11 is 0. The summed E-state index contributed by atoms with van der Waals surface area (Å²) in [6.45, 7) is 0. The molecule has 0 spiro atoms. The zero-order chi connectivity index (χ0) is 15.7. The molecule has 1 aromatic carbocycles. The highest BCUT2D eigenvalue weighted by molar-refractivity contribution is 6.11. The molecule has 5 N–H and O–H groups in total. The number of carboxylic acids is 1. The number of amides is 2. The van der Waals surface area contributed by atoms with E-state index in [-0.39, 0.29) is 11.4 Å². The molecular weight excluding hydrogens is 286 g/mol. The number of hydrogen-bond acceptors (Lipinski definition) is 4. The lowest BCUT2D eigenvalue weighted by Gasteiger charge is -2.00. The highest BCUT2D eigenvalue weighted by atomic mass is 16.4. The SMILES string of the molecule is NC(=O)Nc1[nH]c2cc(-c3cncnc3)ccc2c1C(=O)O. The number of H-pyrrole nitrogens is 1. The van der Waals surface area contributed by atoms with E-state index in [0.29, 0.717) is 10.9 Å². The Morgan fingerprint density at radius 2 is 1.91 bits per heavy atom. The maximum absolute atomic E-state index is 11.4. The number of primary amides is 1. The maximum Gasteiger partial charge on any atom is 0.340 e. The van der Waals surface area contributed by atoms with E-state index in [0.717, 1.165) is 11.1 Å². The van der Waals surface area contributed by atoms with Crippen molar-refractivity contribution in [2.24, 2.45) is 5.73 Å². The van der Waals surface area contributed by atoms with Gasteiger partial charge in [0.05, 0.1) is 0 Å². The van der Waals surface area contributed by atoms with Crippen molar-refractivity contribution in [3.63, 3.8) is 0 Å². The number of fused-ring (bicyclic) bond motifs is 1. The lowest BCUT2D eigenvalue weighted by molar-refractivity contribution is 0.0700. The number of carbonyl (C=O) groups is 2. The van der Waals surface area contributed by atoms with E-state index >= 15 is 0 Å². The number of nitrogens with one attached hydrogen (secondary N) is 2. The maximum atomic E-state index is 11.4. The molecule has 3 rings (SSSR count). The van der Waals surface area contributed by atoms with E-state index in [1.807, 2.05) is 0 Å². The summed E-state index contributed by atoms with van der Waals surface area (Å²) in [7, 11) is 0. The van der Waals surface area contributed by atoms with Crippen LogP contribution < -0.4 is 11.1 Å². The molecule has 8 heteroatoms. The molecule has 8 nitrogen and oxygen atoms in total. The summed E-state index contributed by atoms with van der Waals surface area (Å²) in [4.78, 5) is 33.1. The van der Waals surface area contributed by atoms with Crippen molar-refractivity contribution in [3.8, 4) is 11.1 Å². The fourth-order valence-corrected chi connectivity index (χ4v) is 2.26. The summed E-state index contributed by atoms with van der Waals surface area (Å²) < 4.78 is 0. The fraction of sp³-hybridized carbons (Fsp3) is 0. The molecule has 0 bridgehead atoms. The first kappa shape index (κ1) is 13.6. The Kier molecular flexibility index (Phi) is 3.18. The molecule has 110 valence electrons. The zero-order valence-corrected chi connectivity index (χ0v) is 11.2. The number of nitrogens with zero attached hydrogens (tertiary/aromatic N) is 2. The number of carbonyl (C=O) groups excluding carboxylic acids is 1. The average Bonchev–Trinajstić information content (AvgIpc) is 2.84. The van der Waals surface area contributed by atoms with Crippen molar-refractivity contribution in [2.45, 2.75) is 0 Å². The minimum Gasteiger partial charge on any atom is -0.478 e. The van der Waals surface area contributed by atoms with Crippen molar-refractivity contribution in [1.29, 1.82) is 0 Å². The van der Waals surface area contributed by atoms with Crippen LogP contribution >= 0.6 is 0 Å². The van der Waals surface area contributed by atoms with Gasteiger partial charge in [-0.3, -0.25) is 5.32 Å². The minimum atomic E-state index is -1.16. The molecule has 0 radical (unpaired) electrons. The minimum absolute atomic E-state index is 0.0374. The predicted octanol–water partition coefficient (Wildman–Crippen LogP) is 1.81. The third-order valence-corrected chi connectivity index (χ3v) is 3.15. The van der Waals surface area contributed by atoms with Crippen LogP contribution in [0, 0.1) is 0 Å². The Morgan fingerprint density at radius 1 is 1.18 bits per heavy atom. The summed E-state index contributed by atoms with van der Waals surface area (Å²) in [5, 5.41) is 12.1. The van der Waals surface area contributed by atoms with Gasteiger partial charge in [0.15, 0.2) is 0 Å². The normalized spacial score (nSPS) is 10.5. The molecule has 2 aromatic heterocycles. The van der Waals surface area contributed by atoms with Gasteiger partial charge < -0.3 is 15.8 Å². The number of aromatic nitrogens is 3. The second kappa shape index (κ2) is 5.17. The van der Waals surface area contributed by atoms with Gasteiger partial charge in [0.1, 0.15) is 17.7 Å². The third kappa shape index (κ3) is 2.33. The first-order chi connectivity index (χ1) is 10.6. The fourth-order valence-electron chi connectivity index (χ4n) is 2.26. The average molecular weight is 297 g/mol. The third-order valence-electron chi connectivity index (χ3n) is 3.15. The van der Waals surface area contributed by atoms with Crippen LogP contribution in [0.1, 0.15) is 10.4 Å². The standard InChI is InChI=1S/C14H11N5O3/c15-14(22)19-12-11(13(20)21)9-2-1-7(3-10(9)18-12)8-4-16-6-17-5-8/h1-6,18H,(H,20,21)(H3,15,19,22). The highest BCUT2D eigenvalue weighted by Crippen LogP contribution is 2.30. The second-order valence-corrected chi connectivity index (χ2v) is 4.56. The van der Waals surface area contributed by atoms with Crippen molar-refractivity contribution in [3.05, 3.63) is 42.5 Å². The quantitative estimate of drug-likeness (QED) is 0.585. The molecule has 22 heavy (non-hydrogen) atoms. The Bertz CT molecular complexity index is 873. The van der Waals surface area contributed by atoms with Gasteiger partial charge in [0, 0.05) is 28.9 Å². The van der Waals surface area contributed by atoms with Gasteiger partial charge >= 0.3 is 12.0 Å². The second-order valence-electron chi connectivity index (χ2n) is 4.56. The Hall–Kier alpha value is -3.42. The molecule has 0 fully saturated rings. The Balaban J connectivity index is 2.17. The van der Waals surface area contributed by atoms with Crippen LogP contribution in [0.4, 0.5) is 10.6 Å². The van der Waals surface area contributed by atoms with Crippen LogP contribution in [0.2, 0.25) is 0 Å². The van der Waals surface area contributed by atoms with E-state index in [2.05, 4.69) is 20.3 Å². The molecule has 3 aromatic rings. The van der Waals surface area contributed by atoms with Crippen molar-refractivity contribution >= 4 is 28.7 Å². The monoisotopic (exact) mass is 297 g/mol. The van der Waals surface area contributed by atoms with Crippen LogP contribution in [0.5, 0.6) is 0 Å². The first-order valence-corrected chi connectivity index (χ1v) is 6.27. The number of urea groups is 1. The molecule has 0 aliphatic heterocycles. The number of carboxylic acid groups (broad SMARTS) is 1. The number of hydrogen-bond donors (Lipinski definition) is 4. The van der Waals surface area contributed by atoms with Gasteiger partial charge in [0.2, 0.25) is 0 Å². The van der Waals surface area contributed by atoms with Crippen LogP contribution in [-0.2, 0) is 0 Å². The van der Waals surface area contributed by atoms with Gasteiger partial charge in [-0.25, -0.2) is 19.6 Å². The highest BCUT2D eigenvalue weighted by Gasteiger charge is 2.19. The topological polar surface area (TPSA) is 134 Å². The molecular formula is C14H11N5O3. The van der Waals surface area contributed by atoms with Gasteiger partial charge in [-0.05, 0) is 11.6 Å². The number of nitrogens with two attached hydrogens (primary N) is 1. The number of rotatable bonds is 3. The number of aromatic amines is 1. The lowest BCUT2D eigenvalue weighted by atomic mass is 10.1. The number of anilines is 1. The van der Waals surface area contributed by atoms with E-state index in [1.54, 1.807) is 30.6 Å². The summed E-state index contributed by atoms with van der Waals surface area (Å²) in [5.41, 5.74) is 7.19. The van der Waals surface area contributed by atoms with Gasteiger partial charge in [0.25, 0.3) is 0 Å².